The summed E-state index contributed by atoms with van der Waals surface area (Å²) in [6.07, 6.45) is 13.4. The van der Waals surface area contributed by atoms with E-state index < -0.39 is 7.92 Å². The molecule has 0 fully saturated rings. The van der Waals surface area contributed by atoms with Crippen LogP contribution in [0.2, 0.25) is 0 Å². The van der Waals surface area contributed by atoms with Crippen molar-refractivity contribution in [2.24, 2.45) is 0 Å². The molecule has 1 heteroatoms. The molecule has 0 heterocycles. The first kappa shape index (κ1) is 34.2. The van der Waals surface area contributed by atoms with Gasteiger partial charge in [0.2, 0.25) is 0 Å². The van der Waals surface area contributed by atoms with Crippen LogP contribution < -0.4 is 15.9 Å². The van der Waals surface area contributed by atoms with Crippen molar-refractivity contribution < 1.29 is 0 Å². The van der Waals surface area contributed by atoms with Gasteiger partial charge in [0.25, 0.3) is 0 Å². The molecule has 0 aliphatic heterocycles. The average molecular weight is 719 g/mol. The van der Waals surface area contributed by atoms with Crippen LogP contribution in [0.3, 0.4) is 0 Å². The van der Waals surface area contributed by atoms with Gasteiger partial charge in [-0.1, -0.05) is 237 Å². The van der Waals surface area contributed by atoms with Crippen LogP contribution >= 0.6 is 7.92 Å². The van der Waals surface area contributed by atoms with Gasteiger partial charge in [-0.2, -0.15) is 0 Å². The van der Waals surface area contributed by atoms with E-state index in [0.717, 1.165) is 0 Å². The lowest BCUT2D eigenvalue weighted by Gasteiger charge is -2.20. The summed E-state index contributed by atoms with van der Waals surface area (Å²) in [5.74, 6) is 0. The van der Waals surface area contributed by atoms with E-state index in [9.17, 15) is 0 Å². The normalized spacial score (nSPS) is 12.4. The molecule has 0 unspecified atom stereocenters. The molecule has 0 aliphatic rings. The summed E-state index contributed by atoms with van der Waals surface area (Å²) in [6, 6.07) is 72.7. The zero-order chi connectivity index (χ0) is 36.8. The highest BCUT2D eigenvalue weighted by Crippen LogP contribution is 2.34. The zero-order valence-corrected chi connectivity index (χ0v) is 31.4. The van der Waals surface area contributed by atoms with Gasteiger partial charge in [0.05, 0.1) is 0 Å². The Balaban J connectivity index is 1.02. The van der Waals surface area contributed by atoms with Crippen LogP contribution in [-0.4, -0.2) is 0 Å². The van der Waals surface area contributed by atoms with Crippen molar-refractivity contribution in [3.05, 3.63) is 234 Å². The van der Waals surface area contributed by atoms with E-state index in [0.29, 0.717) is 0 Å². The number of hydrogen-bond donors (Lipinski definition) is 0. The molecule has 55 heavy (non-hydrogen) atoms. The van der Waals surface area contributed by atoms with Crippen LogP contribution in [0, 0.1) is 0 Å². The van der Waals surface area contributed by atoms with E-state index in [-0.39, 0.29) is 0 Å². The van der Waals surface area contributed by atoms with Gasteiger partial charge in [0, 0.05) is 0 Å². The molecule has 9 aromatic carbocycles. The fraction of sp³-hybridized carbons (Fsp3) is 0. The van der Waals surface area contributed by atoms with Crippen LogP contribution in [-0.2, 0) is 0 Å². The first-order valence-electron chi connectivity index (χ1n) is 18.8. The third-order valence-electron chi connectivity index (χ3n) is 10.3. The monoisotopic (exact) mass is 718 g/mol. The fourth-order valence-corrected chi connectivity index (χ4v) is 9.63. The van der Waals surface area contributed by atoms with E-state index >= 15 is 0 Å². The third-order valence-corrected chi connectivity index (χ3v) is 12.7. The summed E-state index contributed by atoms with van der Waals surface area (Å²) >= 11 is 0. The summed E-state index contributed by atoms with van der Waals surface area (Å²) in [5, 5.41) is 11.6. The van der Waals surface area contributed by atoms with Gasteiger partial charge in [0.15, 0.2) is 0 Å². The van der Waals surface area contributed by atoms with Gasteiger partial charge in [-0.15, -0.1) is 0 Å². The topological polar surface area (TPSA) is 0 Å². The second-order valence-electron chi connectivity index (χ2n) is 13.8. The van der Waals surface area contributed by atoms with Gasteiger partial charge >= 0.3 is 0 Å². The Morgan fingerprint density at radius 3 is 0.818 bits per heavy atom. The number of fused-ring (bicyclic) bond motifs is 3. The van der Waals surface area contributed by atoms with Crippen molar-refractivity contribution in [1.82, 2.24) is 0 Å². The second kappa shape index (κ2) is 15.8. The van der Waals surface area contributed by atoms with Crippen molar-refractivity contribution in [2.45, 2.75) is 0 Å². The molecule has 0 radical (unpaired) electrons. The first-order chi connectivity index (χ1) is 27.2. The lowest BCUT2D eigenvalue weighted by molar-refractivity contribution is 1.67. The van der Waals surface area contributed by atoms with E-state index in [1.165, 1.54) is 81.6 Å². The standard InChI is InChI=1S/C54H39P/c1-4-19-52-43(10-1)13-7-16-46(52)31-22-40-25-34-49(35-26-40)55(50-36-27-41(28-37-50)23-32-47-17-8-14-44-11-2-5-20-53(44)47)51-38-29-42(30-39-51)24-33-48-18-9-15-45-12-3-6-21-54(45)48/h1-39H. The van der Waals surface area contributed by atoms with Crippen molar-refractivity contribution >= 4 is 92.6 Å². The smallest absolute Gasteiger partial charge is 0.0111 e. The molecule has 260 valence electrons. The van der Waals surface area contributed by atoms with Crippen molar-refractivity contribution in [1.29, 1.82) is 0 Å². The molecule has 0 aliphatic carbocycles. The van der Waals surface area contributed by atoms with E-state index in [2.05, 4.69) is 237 Å². The van der Waals surface area contributed by atoms with Gasteiger partial charge in [-0.25, -0.2) is 0 Å². The minimum Gasteiger partial charge on any atom is -0.0616 e. The van der Waals surface area contributed by atoms with Gasteiger partial charge in [-0.05, 0) is 89.5 Å². The lowest BCUT2D eigenvalue weighted by Crippen LogP contribution is -2.20. The molecule has 0 nitrogen and oxygen atoms in total. The average Bonchev–Trinajstić information content (AvgIpc) is 3.25. The second-order valence-corrected chi connectivity index (χ2v) is 16.0. The Morgan fingerprint density at radius 2 is 0.509 bits per heavy atom. The summed E-state index contributed by atoms with van der Waals surface area (Å²) in [6.45, 7) is 0. The highest BCUT2D eigenvalue weighted by molar-refractivity contribution is 7.79. The van der Waals surface area contributed by atoms with Crippen molar-refractivity contribution in [3.8, 4) is 0 Å². The summed E-state index contributed by atoms with van der Waals surface area (Å²) < 4.78 is 0. The molecule has 0 spiro atoms. The highest BCUT2D eigenvalue weighted by atomic mass is 31.1. The predicted molar refractivity (Wildman–Crippen MR) is 244 cm³/mol. The van der Waals surface area contributed by atoms with Crippen LogP contribution in [0.15, 0.2) is 200 Å². The molecular weight excluding hydrogens is 680 g/mol. The molecule has 0 N–H and O–H groups in total. The Morgan fingerprint density at radius 1 is 0.236 bits per heavy atom. The molecule has 0 atom stereocenters. The maximum Gasteiger partial charge on any atom is -0.0111 e. The molecule has 0 amide bonds. The van der Waals surface area contributed by atoms with Gasteiger partial charge in [-0.3, -0.25) is 0 Å². The lowest BCUT2D eigenvalue weighted by atomic mass is 10.0. The SMILES string of the molecule is C(=Cc1cccc2ccccc12)c1ccc(P(c2ccc(C=Cc3cccc4ccccc34)cc2)c2ccc(C=Cc3cccc4ccccc34)cc2)cc1. The molecular formula is C54H39P. The first-order valence-corrected chi connectivity index (χ1v) is 20.2. The third kappa shape index (κ3) is 7.60. The van der Waals surface area contributed by atoms with Crippen LogP contribution in [0.1, 0.15) is 33.4 Å². The van der Waals surface area contributed by atoms with E-state index in [1.54, 1.807) is 0 Å². The summed E-state index contributed by atoms with van der Waals surface area (Å²) in [4.78, 5) is 0. The van der Waals surface area contributed by atoms with E-state index in [4.69, 9.17) is 0 Å². The van der Waals surface area contributed by atoms with Crippen molar-refractivity contribution in [3.63, 3.8) is 0 Å². The Bertz CT molecular complexity index is 2510. The predicted octanol–water partition coefficient (Wildman–Crippen LogP) is 13.4. The largest absolute Gasteiger partial charge is 0.0616 e. The molecule has 0 aromatic heterocycles. The van der Waals surface area contributed by atoms with Crippen molar-refractivity contribution in [2.75, 3.05) is 0 Å². The van der Waals surface area contributed by atoms with Crippen LogP contribution in [0.25, 0.3) is 68.8 Å². The Labute approximate surface area is 324 Å². The Kier molecular flexibility index (Phi) is 9.82. The molecule has 9 aromatic rings. The summed E-state index contributed by atoms with van der Waals surface area (Å²) in [5.41, 5.74) is 7.26. The fourth-order valence-electron chi connectivity index (χ4n) is 7.40. The maximum atomic E-state index is 2.32. The van der Waals surface area contributed by atoms with Crippen LogP contribution in [0.5, 0.6) is 0 Å². The van der Waals surface area contributed by atoms with Gasteiger partial charge in [0.1, 0.15) is 0 Å². The zero-order valence-electron chi connectivity index (χ0n) is 30.5. The Hall–Kier alpha value is -6.59. The molecule has 0 saturated heterocycles. The van der Waals surface area contributed by atoms with Gasteiger partial charge < -0.3 is 0 Å². The quantitative estimate of drug-likeness (QED) is 0.103. The highest BCUT2D eigenvalue weighted by Gasteiger charge is 2.16. The minimum absolute atomic E-state index is 0.785. The number of rotatable bonds is 9. The van der Waals surface area contributed by atoms with Crippen LogP contribution in [0.4, 0.5) is 0 Å². The minimum atomic E-state index is -0.785. The number of hydrogen-bond acceptors (Lipinski definition) is 0. The number of benzene rings is 9. The van der Waals surface area contributed by atoms with E-state index in [1.807, 2.05) is 0 Å². The molecule has 0 saturated carbocycles. The summed E-state index contributed by atoms with van der Waals surface area (Å²) in [7, 11) is -0.785. The maximum absolute atomic E-state index is 2.32. The molecule has 0 bridgehead atoms. The molecule has 9 rings (SSSR count).